The second kappa shape index (κ2) is 9.24. The van der Waals surface area contributed by atoms with E-state index >= 15 is 0 Å². The lowest BCUT2D eigenvalue weighted by Crippen LogP contribution is -2.38. The Morgan fingerprint density at radius 1 is 1.24 bits per heavy atom. The fourth-order valence-corrected chi connectivity index (χ4v) is 4.58. The van der Waals surface area contributed by atoms with E-state index in [1.807, 2.05) is 17.7 Å². The van der Waals surface area contributed by atoms with Crippen molar-refractivity contribution in [1.29, 1.82) is 0 Å². The molecule has 2 aromatic rings. The van der Waals surface area contributed by atoms with Gasteiger partial charge in [-0.1, -0.05) is 11.6 Å². The molecule has 2 heterocycles. The van der Waals surface area contributed by atoms with Crippen LogP contribution in [0.1, 0.15) is 47.3 Å². The van der Waals surface area contributed by atoms with E-state index in [1.54, 1.807) is 4.90 Å². The van der Waals surface area contributed by atoms with Crippen molar-refractivity contribution >= 4 is 29.4 Å². The number of nitrogens with one attached hydrogen (secondary N) is 2. The van der Waals surface area contributed by atoms with E-state index in [1.165, 1.54) is 0 Å². The van der Waals surface area contributed by atoms with Crippen molar-refractivity contribution in [3.05, 3.63) is 46.1 Å². The van der Waals surface area contributed by atoms with Crippen molar-refractivity contribution in [2.45, 2.75) is 51.4 Å². The molecule has 1 saturated carbocycles. The van der Waals surface area contributed by atoms with Gasteiger partial charge >= 0.3 is 12.2 Å². The summed E-state index contributed by atoms with van der Waals surface area (Å²) in [4.78, 5) is 26.1. The van der Waals surface area contributed by atoms with Crippen LogP contribution in [0.25, 0.3) is 0 Å². The molecule has 1 aliphatic carbocycles. The lowest BCUT2D eigenvalue weighted by atomic mass is 9.86. The molecule has 0 unspecified atom stereocenters. The van der Waals surface area contributed by atoms with Gasteiger partial charge in [0.05, 0.1) is 16.1 Å². The molecule has 1 aromatic heterocycles. The number of benzene rings is 1. The van der Waals surface area contributed by atoms with Gasteiger partial charge in [0.25, 0.3) is 5.91 Å². The Balaban J connectivity index is 1.32. The van der Waals surface area contributed by atoms with Gasteiger partial charge in [0, 0.05) is 37.4 Å². The zero-order valence-corrected chi connectivity index (χ0v) is 18.8. The first kappa shape index (κ1) is 23.4. The van der Waals surface area contributed by atoms with Gasteiger partial charge in [-0.2, -0.15) is 18.3 Å². The minimum Gasteiger partial charge on any atom is -0.349 e. The smallest absolute Gasteiger partial charge is 0.349 e. The molecule has 7 nitrogen and oxygen atoms in total. The number of carbonyl (C=O) groups is 2. The number of hydrogen-bond donors (Lipinski definition) is 2. The van der Waals surface area contributed by atoms with E-state index in [0.717, 1.165) is 36.7 Å². The molecule has 1 saturated heterocycles. The second-order valence-electron chi connectivity index (χ2n) is 8.59. The molecular weight excluding hydrogens is 459 g/mol. The minimum atomic E-state index is -4.54. The van der Waals surface area contributed by atoms with E-state index in [0.29, 0.717) is 44.2 Å². The van der Waals surface area contributed by atoms with E-state index in [2.05, 4.69) is 15.7 Å². The van der Waals surface area contributed by atoms with Crippen LogP contribution in [-0.2, 0) is 12.7 Å². The first-order chi connectivity index (χ1) is 15.6. The van der Waals surface area contributed by atoms with Gasteiger partial charge in [-0.15, -0.1) is 0 Å². The van der Waals surface area contributed by atoms with E-state index in [4.69, 9.17) is 11.6 Å². The average molecular weight is 484 g/mol. The molecule has 0 atom stereocenters. The number of halogens is 4. The van der Waals surface area contributed by atoms with Crippen LogP contribution in [0.3, 0.4) is 0 Å². The molecule has 33 heavy (non-hydrogen) atoms. The third kappa shape index (κ3) is 5.26. The molecule has 1 aromatic carbocycles. The highest BCUT2D eigenvalue weighted by molar-refractivity contribution is 6.33. The maximum atomic E-state index is 13.0. The normalized spacial score (nSPS) is 21.2. The SMILES string of the molecule is Cc1cc(N2CCNC2=O)nn1CC1CCC(NC(=O)c2cc(C(F)(F)F)ccc2Cl)CC1. The van der Waals surface area contributed by atoms with Crippen LogP contribution < -0.4 is 15.5 Å². The maximum absolute atomic E-state index is 13.0. The fourth-order valence-electron chi connectivity index (χ4n) is 4.37. The third-order valence-corrected chi connectivity index (χ3v) is 6.58. The van der Waals surface area contributed by atoms with Crippen molar-refractivity contribution in [2.24, 2.45) is 5.92 Å². The Morgan fingerprint density at radius 2 is 1.97 bits per heavy atom. The maximum Gasteiger partial charge on any atom is 0.416 e. The van der Waals surface area contributed by atoms with Crippen LogP contribution in [0.5, 0.6) is 0 Å². The molecule has 0 radical (unpaired) electrons. The van der Waals surface area contributed by atoms with Gasteiger partial charge in [0.1, 0.15) is 0 Å². The number of alkyl halides is 3. The van der Waals surface area contributed by atoms with Crippen LogP contribution in [0.4, 0.5) is 23.8 Å². The van der Waals surface area contributed by atoms with Gasteiger partial charge in [-0.25, -0.2) is 4.79 Å². The largest absolute Gasteiger partial charge is 0.416 e. The molecule has 0 bridgehead atoms. The summed E-state index contributed by atoms with van der Waals surface area (Å²) in [6.45, 7) is 3.86. The molecule has 3 amide bonds. The Labute approximate surface area is 194 Å². The number of aromatic nitrogens is 2. The predicted octanol–water partition coefficient (Wildman–Crippen LogP) is 4.38. The number of amides is 3. The molecular formula is C22H25ClF3N5O2. The van der Waals surface area contributed by atoms with E-state index in [-0.39, 0.29) is 22.7 Å². The number of aryl methyl sites for hydroxylation is 1. The van der Waals surface area contributed by atoms with Crippen LogP contribution in [0.2, 0.25) is 5.02 Å². The van der Waals surface area contributed by atoms with Gasteiger partial charge in [-0.05, 0) is 56.7 Å². The van der Waals surface area contributed by atoms with Crippen molar-refractivity contribution in [3.8, 4) is 0 Å². The highest BCUT2D eigenvalue weighted by atomic mass is 35.5. The summed E-state index contributed by atoms with van der Waals surface area (Å²) in [5.41, 5.74) is -0.0975. The summed E-state index contributed by atoms with van der Waals surface area (Å²) in [5.74, 6) is 0.404. The summed E-state index contributed by atoms with van der Waals surface area (Å²) >= 11 is 5.98. The highest BCUT2D eigenvalue weighted by Gasteiger charge is 2.32. The zero-order chi connectivity index (χ0) is 23.8. The quantitative estimate of drug-likeness (QED) is 0.662. The molecule has 0 spiro atoms. The topological polar surface area (TPSA) is 79.3 Å². The van der Waals surface area contributed by atoms with Crippen LogP contribution >= 0.6 is 11.6 Å². The van der Waals surface area contributed by atoms with Gasteiger partial charge in [0.15, 0.2) is 5.82 Å². The first-order valence-electron chi connectivity index (χ1n) is 10.9. The number of rotatable bonds is 5. The van der Waals surface area contributed by atoms with E-state index < -0.39 is 17.6 Å². The Bertz CT molecular complexity index is 1050. The van der Waals surface area contributed by atoms with Gasteiger partial charge in [0.2, 0.25) is 0 Å². The van der Waals surface area contributed by atoms with Gasteiger partial charge in [-0.3, -0.25) is 14.4 Å². The lowest BCUT2D eigenvalue weighted by molar-refractivity contribution is -0.137. The average Bonchev–Trinajstić information content (AvgIpc) is 3.34. The molecule has 4 rings (SSSR count). The summed E-state index contributed by atoms with van der Waals surface area (Å²) < 4.78 is 40.8. The summed E-state index contributed by atoms with van der Waals surface area (Å²) in [7, 11) is 0. The van der Waals surface area contributed by atoms with Crippen molar-refractivity contribution in [2.75, 3.05) is 18.0 Å². The Morgan fingerprint density at radius 3 is 2.61 bits per heavy atom. The molecule has 178 valence electrons. The van der Waals surface area contributed by atoms with Crippen LogP contribution in [0.15, 0.2) is 24.3 Å². The predicted molar refractivity (Wildman–Crippen MR) is 117 cm³/mol. The third-order valence-electron chi connectivity index (χ3n) is 6.25. The van der Waals surface area contributed by atoms with Crippen LogP contribution in [0, 0.1) is 12.8 Å². The first-order valence-corrected chi connectivity index (χ1v) is 11.3. The Kier molecular flexibility index (Phi) is 6.56. The highest BCUT2D eigenvalue weighted by Crippen LogP contribution is 2.32. The minimum absolute atomic E-state index is 0.00849. The Hall–Kier alpha value is -2.75. The molecule has 2 aliphatic rings. The molecule has 1 aliphatic heterocycles. The molecule has 2 N–H and O–H groups in total. The molecule has 2 fully saturated rings. The van der Waals surface area contributed by atoms with Crippen molar-refractivity contribution in [1.82, 2.24) is 20.4 Å². The second-order valence-corrected chi connectivity index (χ2v) is 9.00. The van der Waals surface area contributed by atoms with E-state index in [9.17, 15) is 22.8 Å². The number of nitrogens with zero attached hydrogens (tertiary/aromatic N) is 3. The summed E-state index contributed by atoms with van der Waals surface area (Å²) in [5, 5.41) is 10.2. The van der Waals surface area contributed by atoms with Crippen molar-refractivity contribution in [3.63, 3.8) is 0 Å². The monoisotopic (exact) mass is 483 g/mol. The number of hydrogen-bond acceptors (Lipinski definition) is 3. The fraction of sp³-hybridized carbons (Fsp3) is 0.500. The number of carbonyl (C=O) groups excluding carboxylic acids is 2. The zero-order valence-electron chi connectivity index (χ0n) is 18.1. The standard InChI is InChI=1S/C22H25ClF3N5O2/c1-13-10-19(30-9-8-27-21(30)33)29-31(13)12-14-2-5-16(6-3-14)28-20(32)17-11-15(22(24,25)26)4-7-18(17)23/h4,7,10-11,14,16H,2-3,5-6,8-9,12H2,1H3,(H,27,33)(H,28,32). The van der Waals surface area contributed by atoms with Crippen LogP contribution in [-0.4, -0.2) is 40.9 Å². The lowest BCUT2D eigenvalue weighted by Gasteiger charge is -2.29. The molecule has 11 heteroatoms. The van der Waals surface area contributed by atoms with Gasteiger partial charge < -0.3 is 10.6 Å². The number of anilines is 1. The number of urea groups is 1. The summed E-state index contributed by atoms with van der Waals surface area (Å²) in [6, 6.07) is 4.39. The summed E-state index contributed by atoms with van der Waals surface area (Å²) in [6.07, 6.45) is -1.41. The van der Waals surface area contributed by atoms with Crippen molar-refractivity contribution < 1.29 is 22.8 Å².